The summed E-state index contributed by atoms with van der Waals surface area (Å²) in [6.07, 6.45) is 3.38. The highest BCUT2D eigenvalue weighted by molar-refractivity contribution is 6.04. The topological polar surface area (TPSA) is 84.2 Å². The summed E-state index contributed by atoms with van der Waals surface area (Å²) in [4.78, 5) is 22.7. The summed E-state index contributed by atoms with van der Waals surface area (Å²) >= 11 is 0. The number of nitrogens with zero attached hydrogens (tertiary/aromatic N) is 4. The van der Waals surface area contributed by atoms with Crippen molar-refractivity contribution in [1.29, 1.82) is 0 Å². The van der Waals surface area contributed by atoms with Gasteiger partial charge < -0.3 is 9.84 Å². The predicted octanol–water partition coefficient (Wildman–Crippen LogP) is 2.97. The Hall–Kier alpha value is -3.06. The van der Waals surface area contributed by atoms with Gasteiger partial charge in [-0.05, 0) is 43.3 Å². The van der Waals surface area contributed by atoms with Gasteiger partial charge in [0, 0.05) is 25.2 Å². The van der Waals surface area contributed by atoms with E-state index in [9.17, 15) is 4.79 Å². The molecule has 1 N–H and O–H groups in total. The zero-order chi connectivity index (χ0) is 18.5. The second-order valence-electron chi connectivity index (χ2n) is 6.30. The van der Waals surface area contributed by atoms with Crippen molar-refractivity contribution in [3.63, 3.8) is 0 Å². The van der Waals surface area contributed by atoms with Gasteiger partial charge >= 0.3 is 0 Å². The minimum absolute atomic E-state index is 0.153. The first kappa shape index (κ1) is 17.8. The molecule has 0 aliphatic rings. The van der Waals surface area contributed by atoms with Crippen LogP contribution in [0.4, 0.5) is 5.69 Å². The van der Waals surface area contributed by atoms with Crippen LogP contribution in [0.2, 0.25) is 0 Å². The van der Waals surface area contributed by atoms with E-state index in [1.54, 1.807) is 19.3 Å². The van der Waals surface area contributed by atoms with Crippen molar-refractivity contribution in [3.05, 3.63) is 71.1 Å². The van der Waals surface area contributed by atoms with E-state index in [-0.39, 0.29) is 5.91 Å². The van der Waals surface area contributed by atoms with Crippen LogP contribution in [0, 0.1) is 13.8 Å². The zero-order valence-electron chi connectivity index (χ0n) is 15.1. The van der Waals surface area contributed by atoms with Gasteiger partial charge in [-0.15, -0.1) is 0 Å². The fourth-order valence-electron chi connectivity index (χ4n) is 2.60. The third-order valence-corrected chi connectivity index (χ3v) is 3.78. The quantitative estimate of drug-likeness (QED) is 0.735. The average molecular weight is 351 g/mol. The molecule has 0 saturated heterocycles. The smallest absolute Gasteiger partial charge is 0.255 e. The fourth-order valence-corrected chi connectivity index (χ4v) is 2.60. The van der Waals surface area contributed by atoms with E-state index in [1.165, 1.54) is 0 Å². The number of anilines is 1. The molecule has 0 aliphatic carbocycles. The molecule has 0 bridgehead atoms. The summed E-state index contributed by atoms with van der Waals surface area (Å²) in [7, 11) is 1.98. The van der Waals surface area contributed by atoms with Gasteiger partial charge in [0.1, 0.15) is 0 Å². The molecule has 0 aliphatic heterocycles. The Morgan fingerprint density at radius 3 is 2.58 bits per heavy atom. The number of nitrogens with one attached hydrogen (secondary N) is 1. The second kappa shape index (κ2) is 7.88. The van der Waals surface area contributed by atoms with Gasteiger partial charge in [0.25, 0.3) is 5.91 Å². The van der Waals surface area contributed by atoms with E-state index in [1.807, 2.05) is 44.3 Å². The number of amides is 1. The average Bonchev–Trinajstić information content (AvgIpc) is 3.00. The Morgan fingerprint density at radius 2 is 1.92 bits per heavy atom. The maximum Gasteiger partial charge on any atom is 0.255 e. The van der Waals surface area contributed by atoms with Crippen LogP contribution in [-0.2, 0) is 13.1 Å². The highest BCUT2D eigenvalue weighted by atomic mass is 16.5. The van der Waals surface area contributed by atoms with Crippen molar-refractivity contribution in [2.24, 2.45) is 0 Å². The molecule has 3 aromatic rings. The zero-order valence-corrected chi connectivity index (χ0v) is 15.1. The number of aromatic nitrogens is 3. The van der Waals surface area contributed by atoms with Crippen molar-refractivity contribution in [2.45, 2.75) is 26.9 Å². The number of carbonyl (C=O) groups excluding carboxylic acids is 1. The van der Waals surface area contributed by atoms with Gasteiger partial charge in [0.2, 0.25) is 5.89 Å². The summed E-state index contributed by atoms with van der Waals surface area (Å²) in [6, 6.07) is 9.41. The van der Waals surface area contributed by atoms with Gasteiger partial charge in [0.15, 0.2) is 5.82 Å². The molecular formula is C19H21N5O2. The van der Waals surface area contributed by atoms with Crippen LogP contribution in [0.15, 0.2) is 47.2 Å². The van der Waals surface area contributed by atoms with Crippen LogP contribution in [0.25, 0.3) is 0 Å². The number of pyridine rings is 1. The Kier molecular flexibility index (Phi) is 5.38. The highest BCUT2D eigenvalue weighted by Crippen LogP contribution is 2.12. The largest absolute Gasteiger partial charge is 0.340 e. The molecule has 0 spiro atoms. The molecule has 0 radical (unpaired) electrons. The lowest BCUT2D eigenvalue weighted by atomic mass is 10.1. The van der Waals surface area contributed by atoms with E-state index in [4.69, 9.17) is 4.52 Å². The Morgan fingerprint density at radius 1 is 1.15 bits per heavy atom. The van der Waals surface area contributed by atoms with Gasteiger partial charge in [-0.2, -0.15) is 4.98 Å². The van der Waals surface area contributed by atoms with Gasteiger partial charge in [-0.25, -0.2) is 0 Å². The first-order valence-corrected chi connectivity index (χ1v) is 8.29. The minimum Gasteiger partial charge on any atom is -0.340 e. The van der Waals surface area contributed by atoms with E-state index in [0.717, 1.165) is 17.7 Å². The number of benzene rings is 1. The molecule has 7 heteroatoms. The summed E-state index contributed by atoms with van der Waals surface area (Å²) in [5.41, 5.74) is 3.39. The monoisotopic (exact) mass is 351 g/mol. The first-order valence-electron chi connectivity index (χ1n) is 8.29. The predicted molar refractivity (Wildman–Crippen MR) is 97.6 cm³/mol. The number of hydrogen-bond acceptors (Lipinski definition) is 6. The molecule has 134 valence electrons. The van der Waals surface area contributed by atoms with Crippen molar-refractivity contribution < 1.29 is 9.32 Å². The summed E-state index contributed by atoms with van der Waals surface area (Å²) in [6.45, 7) is 5.02. The molecule has 0 atom stereocenters. The normalized spacial score (nSPS) is 10.9. The van der Waals surface area contributed by atoms with Crippen molar-refractivity contribution in [2.75, 3.05) is 12.4 Å². The van der Waals surface area contributed by atoms with Crippen molar-refractivity contribution >= 4 is 11.6 Å². The van der Waals surface area contributed by atoms with Crippen LogP contribution in [0.1, 0.15) is 33.2 Å². The van der Waals surface area contributed by atoms with E-state index in [2.05, 4.69) is 25.3 Å². The number of hydrogen-bond donors (Lipinski definition) is 1. The number of carbonyl (C=O) groups is 1. The lowest BCUT2D eigenvalue weighted by Gasteiger charge is -2.14. The number of aryl methyl sites for hydroxylation is 2. The molecule has 2 heterocycles. The molecular weight excluding hydrogens is 330 g/mol. The van der Waals surface area contributed by atoms with Crippen LogP contribution in [-0.4, -0.2) is 33.0 Å². The third kappa shape index (κ3) is 4.73. The van der Waals surface area contributed by atoms with Crippen molar-refractivity contribution in [1.82, 2.24) is 20.0 Å². The number of rotatable bonds is 6. The molecule has 0 unspecified atom stereocenters. The molecule has 1 amide bonds. The van der Waals surface area contributed by atoms with Crippen molar-refractivity contribution in [3.8, 4) is 0 Å². The van der Waals surface area contributed by atoms with Crippen LogP contribution in [0.5, 0.6) is 0 Å². The molecule has 7 nitrogen and oxygen atoms in total. The second-order valence-corrected chi connectivity index (χ2v) is 6.30. The molecule has 0 saturated carbocycles. The summed E-state index contributed by atoms with van der Waals surface area (Å²) in [5.74, 6) is 1.07. The third-order valence-electron chi connectivity index (χ3n) is 3.78. The van der Waals surface area contributed by atoms with Crippen LogP contribution >= 0.6 is 0 Å². The van der Waals surface area contributed by atoms with Crippen LogP contribution in [0.3, 0.4) is 0 Å². The van der Waals surface area contributed by atoms with E-state index >= 15 is 0 Å². The highest BCUT2D eigenvalue weighted by Gasteiger charge is 2.09. The van der Waals surface area contributed by atoms with Gasteiger partial charge in [0.05, 0.1) is 18.4 Å². The molecule has 1 aromatic carbocycles. The Labute approximate surface area is 152 Å². The standard InChI is InChI=1S/C19H21N5O2/c1-13-8-17(10-20-9-13)22-19(25)16-6-4-15(5-7-16)11-24(3)12-18-21-14(2)26-23-18/h4-10H,11-12H2,1-3H3,(H,22,25). The summed E-state index contributed by atoms with van der Waals surface area (Å²) in [5, 5.41) is 6.75. The van der Waals surface area contributed by atoms with Crippen LogP contribution < -0.4 is 5.32 Å². The maximum absolute atomic E-state index is 12.3. The lowest BCUT2D eigenvalue weighted by molar-refractivity contribution is 0.102. The molecule has 0 fully saturated rings. The fraction of sp³-hybridized carbons (Fsp3) is 0.263. The van der Waals surface area contributed by atoms with E-state index < -0.39 is 0 Å². The molecule has 3 rings (SSSR count). The maximum atomic E-state index is 12.3. The minimum atomic E-state index is -0.153. The van der Waals surface area contributed by atoms with Gasteiger partial charge in [-0.3, -0.25) is 14.7 Å². The Bertz CT molecular complexity index is 889. The van der Waals surface area contributed by atoms with Gasteiger partial charge in [-0.1, -0.05) is 17.3 Å². The lowest BCUT2D eigenvalue weighted by Crippen LogP contribution is -2.18. The first-order chi connectivity index (χ1) is 12.5. The SMILES string of the molecule is Cc1cncc(NC(=O)c2ccc(CN(C)Cc3noc(C)n3)cc2)c1. The van der Waals surface area contributed by atoms with E-state index in [0.29, 0.717) is 29.5 Å². The summed E-state index contributed by atoms with van der Waals surface area (Å²) < 4.78 is 4.98. The molecule has 2 aromatic heterocycles. The Balaban J connectivity index is 1.58. The molecule has 26 heavy (non-hydrogen) atoms.